The third kappa shape index (κ3) is 2.14. The van der Waals surface area contributed by atoms with Gasteiger partial charge in [0, 0.05) is 29.9 Å². The number of aryl methyl sites for hydroxylation is 2. The van der Waals surface area contributed by atoms with E-state index in [0.29, 0.717) is 0 Å². The minimum absolute atomic E-state index is 0.792. The molecule has 0 spiro atoms. The number of pyridine rings is 1. The number of fused-ring (bicyclic) bond motifs is 2. The van der Waals surface area contributed by atoms with E-state index in [1.165, 1.54) is 11.3 Å². The maximum atomic E-state index is 4.55. The van der Waals surface area contributed by atoms with Gasteiger partial charge in [0.15, 0.2) is 5.65 Å². The minimum Gasteiger partial charge on any atom is -0.357 e. The largest absolute Gasteiger partial charge is 0.357 e. The zero-order valence-corrected chi connectivity index (χ0v) is 14.2. The van der Waals surface area contributed by atoms with Gasteiger partial charge in [-0.1, -0.05) is 12.2 Å². The first-order valence-corrected chi connectivity index (χ1v) is 8.42. The van der Waals surface area contributed by atoms with Crippen LogP contribution in [-0.4, -0.2) is 29.7 Å². The molecule has 6 nitrogen and oxygen atoms in total. The van der Waals surface area contributed by atoms with Crippen LogP contribution in [0, 0.1) is 6.92 Å². The monoisotopic (exact) mass is 330 g/mol. The summed E-state index contributed by atoms with van der Waals surface area (Å²) in [6, 6.07) is 4.30. The molecule has 0 fully saturated rings. The molecule has 5 rings (SSSR count). The Morgan fingerprint density at radius 2 is 2.08 bits per heavy atom. The van der Waals surface area contributed by atoms with E-state index in [9.17, 15) is 0 Å². The fourth-order valence-corrected chi connectivity index (χ4v) is 3.45. The third-order valence-electron chi connectivity index (χ3n) is 4.98. The predicted octanol–water partition coefficient (Wildman–Crippen LogP) is 3.62. The van der Waals surface area contributed by atoms with Gasteiger partial charge in [0.25, 0.3) is 0 Å². The Morgan fingerprint density at radius 3 is 2.88 bits per heavy atom. The first kappa shape index (κ1) is 14.2. The number of aromatic amines is 2. The van der Waals surface area contributed by atoms with E-state index in [2.05, 4.69) is 54.0 Å². The zero-order valence-electron chi connectivity index (χ0n) is 14.2. The lowest BCUT2D eigenvalue weighted by Crippen LogP contribution is -1.94. The van der Waals surface area contributed by atoms with E-state index in [0.717, 1.165) is 52.3 Å². The summed E-state index contributed by atoms with van der Waals surface area (Å²) in [6.07, 6.45) is 10.3. The maximum absolute atomic E-state index is 4.55. The lowest BCUT2D eigenvalue weighted by atomic mass is 10.1. The van der Waals surface area contributed by atoms with Crippen LogP contribution in [0.15, 0.2) is 30.6 Å². The molecule has 4 aromatic heterocycles. The van der Waals surface area contributed by atoms with Gasteiger partial charge in [-0.15, -0.1) is 0 Å². The average molecular weight is 330 g/mol. The van der Waals surface area contributed by atoms with E-state index in [4.69, 9.17) is 0 Å². The Morgan fingerprint density at radius 1 is 1.16 bits per heavy atom. The molecule has 0 aliphatic heterocycles. The highest BCUT2D eigenvalue weighted by Crippen LogP contribution is 2.31. The number of nitrogens with zero attached hydrogens (tertiary/aromatic N) is 4. The molecule has 4 heterocycles. The molecule has 4 aromatic rings. The van der Waals surface area contributed by atoms with Gasteiger partial charge in [-0.3, -0.25) is 5.10 Å². The number of imidazole rings is 1. The fourth-order valence-electron chi connectivity index (χ4n) is 3.45. The van der Waals surface area contributed by atoms with Gasteiger partial charge in [0.1, 0.15) is 11.5 Å². The topological polar surface area (TPSA) is 75.2 Å². The second kappa shape index (κ2) is 5.17. The highest BCUT2D eigenvalue weighted by atomic mass is 15.2. The van der Waals surface area contributed by atoms with Crippen LogP contribution in [0.25, 0.3) is 39.8 Å². The van der Waals surface area contributed by atoms with Crippen molar-refractivity contribution < 1.29 is 0 Å². The Bertz CT molecular complexity index is 1120. The van der Waals surface area contributed by atoms with Crippen LogP contribution >= 0.6 is 0 Å². The van der Waals surface area contributed by atoms with Crippen molar-refractivity contribution in [2.45, 2.75) is 19.8 Å². The molecule has 0 amide bonds. The predicted molar refractivity (Wildman–Crippen MR) is 98.0 cm³/mol. The standard InChI is InChI=1S/C19H18N6/c1-11-20-10-17(25(11)2)13-7-14-18(23-24-19(14)21-9-13)16-8-12-5-3-4-6-15(12)22-16/h3,5,7-10,22H,4,6H2,1-2H3,(H,21,23,24). The fraction of sp³-hybridized carbons (Fsp3) is 0.211. The maximum Gasteiger partial charge on any atom is 0.155 e. The Kier molecular flexibility index (Phi) is 2.94. The number of rotatable bonds is 2. The number of aromatic nitrogens is 6. The van der Waals surface area contributed by atoms with Gasteiger partial charge >= 0.3 is 0 Å². The molecule has 25 heavy (non-hydrogen) atoms. The van der Waals surface area contributed by atoms with Crippen molar-refractivity contribution in [3.8, 4) is 22.6 Å². The van der Waals surface area contributed by atoms with Crippen molar-refractivity contribution in [3.63, 3.8) is 0 Å². The van der Waals surface area contributed by atoms with Crippen LogP contribution in [0.5, 0.6) is 0 Å². The van der Waals surface area contributed by atoms with Gasteiger partial charge < -0.3 is 9.55 Å². The van der Waals surface area contributed by atoms with Gasteiger partial charge in [-0.05, 0) is 37.5 Å². The molecule has 1 aliphatic rings. The molecule has 0 aromatic carbocycles. The zero-order chi connectivity index (χ0) is 17.0. The van der Waals surface area contributed by atoms with Crippen molar-refractivity contribution in [3.05, 3.63) is 47.7 Å². The molecule has 124 valence electrons. The van der Waals surface area contributed by atoms with Crippen molar-refractivity contribution in [2.75, 3.05) is 0 Å². The molecule has 0 saturated carbocycles. The van der Waals surface area contributed by atoms with Crippen molar-refractivity contribution in [2.24, 2.45) is 7.05 Å². The van der Waals surface area contributed by atoms with E-state index in [1.807, 2.05) is 26.4 Å². The van der Waals surface area contributed by atoms with Crippen LogP contribution in [0.2, 0.25) is 0 Å². The molecule has 0 saturated heterocycles. The van der Waals surface area contributed by atoms with E-state index in [1.54, 1.807) is 0 Å². The van der Waals surface area contributed by atoms with E-state index < -0.39 is 0 Å². The lowest BCUT2D eigenvalue weighted by molar-refractivity contribution is 0.865. The summed E-state index contributed by atoms with van der Waals surface area (Å²) in [5.74, 6) is 0.978. The highest BCUT2D eigenvalue weighted by molar-refractivity contribution is 5.92. The van der Waals surface area contributed by atoms with E-state index in [-0.39, 0.29) is 0 Å². The SMILES string of the molecule is Cc1ncc(-c2cnc3[nH]nc(-c4cc5c([nH]4)CCC=C5)c3c2)n1C. The summed E-state index contributed by atoms with van der Waals surface area (Å²) in [5, 5.41) is 8.56. The molecular weight excluding hydrogens is 312 g/mol. The summed E-state index contributed by atoms with van der Waals surface area (Å²) >= 11 is 0. The molecule has 0 atom stereocenters. The number of hydrogen-bond acceptors (Lipinski definition) is 3. The number of hydrogen-bond donors (Lipinski definition) is 2. The number of nitrogens with one attached hydrogen (secondary N) is 2. The first-order chi connectivity index (χ1) is 12.2. The average Bonchev–Trinajstić information content (AvgIpc) is 3.31. The Labute approximate surface area is 144 Å². The van der Waals surface area contributed by atoms with Crippen LogP contribution in [-0.2, 0) is 13.5 Å². The number of allylic oxidation sites excluding steroid dienone is 1. The smallest absolute Gasteiger partial charge is 0.155 e. The summed E-state index contributed by atoms with van der Waals surface area (Å²) in [4.78, 5) is 12.5. The third-order valence-corrected chi connectivity index (χ3v) is 4.98. The van der Waals surface area contributed by atoms with Gasteiger partial charge in [0.2, 0.25) is 0 Å². The number of H-pyrrole nitrogens is 2. The van der Waals surface area contributed by atoms with Crippen LogP contribution in [0.4, 0.5) is 0 Å². The van der Waals surface area contributed by atoms with Crippen LogP contribution in [0.1, 0.15) is 23.5 Å². The summed E-state index contributed by atoms with van der Waals surface area (Å²) < 4.78 is 2.07. The first-order valence-electron chi connectivity index (χ1n) is 8.42. The quantitative estimate of drug-likeness (QED) is 0.589. The Hall–Kier alpha value is -3.15. The second-order valence-corrected chi connectivity index (χ2v) is 6.50. The molecule has 1 aliphatic carbocycles. The normalized spacial score (nSPS) is 13.5. The minimum atomic E-state index is 0.792. The summed E-state index contributed by atoms with van der Waals surface area (Å²) in [6.45, 7) is 2.00. The van der Waals surface area contributed by atoms with Crippen molar-refractivity contribution in [1.29, 1.82) is 0 Å². The molecule has 2 N–H and O–H groups in total. The van der Waals surface area contributed by atoms with Crippen molar-refractivity contribution in [1.82, 2.24) is 29.7 Å². The molecule has 0 radical (unpaired) electrons. The molecule has 6 heteroatoms. The highest BCUT2D eigenvalue weighted by Gasteiger charge is 2.16. The molecule has 0 unspecified atom stereocenters. The van der Waals surface area contributed by atoms with E-state index >= 15 is 0 Å². The van der Waals surface area contributed by atoms with Crippen LogP contribution < -0.4 is 0 Å². The molecular formula is C19H18N6. The Balaban J connectivity index is 1.67. The molecule has 0 bridgehead atoms. The summed E-state index contributed by atoms with van der Waals surface area (Å²) in [5.41, 5.74) is 7.35. The second-order valence-electron chi connectivity index (χ2n) is 6.50. The van der Waals surface area contributed by atoms with Gasteiger partial charge in [0.05, 0.1) is 17.6 Å². The lowest BCUT2D eigenvalue weighted by Gasteiger charge is -2.04. The van der Waals surface area contributed by atoms with Gasteiger partial charge in [-0.25, -0.2) is 9.97 Å². The van der Waals surface area contributed by atoms with Crippen LogP contribution in [0.3, 0.4) is 0 Å². The van der Waals surface area contributed by atoms with Crippen molar-refractivity contribution >= 4 is 17.1 Å². The van der Waals surface area contributed by atoms with Gasteiger partial charge in [-0.2, -0.15) is 5.10 Å². The summed E-state index contributed by atoms with van der Waals surface area (Å²) in [7, 11) is 2.02.